The molecule has 0 saturated carbocycles. The van der Waals surface area contributed by atoms with Crippen LogP contribution < -0.4 is 11.1 Å². The molecule has 1 aromatic rings. The zero-order valence-corrected chi connectivity index (χ0v) is 13.1. The van der Waals surface area contributed by atoms with Crippen LogP contribution in [0.5, 0.6) is 0 Å². The predicted molar refractivity (Wildman–Crippen MR) is 83.2 cm³/mol. The Morgan fingerprint density at radius 1 is 1.37 bits per heavy atom. The van der Waals surface area contributed by atoms with E-state index < -0.39 is 10.0 Å². The highest BCUT2D eigenvalue weighted by atomic mass is 32.2. The lowest BCUT2D eigenvalue weighted by Crippen LogP contribution is -2.22. The predicted octanol–water partition coefficient (Wildman–Crippen LogP) is 1.68. The van der Waals surface area contributed by atoms with Crippen molar-refractivity contribution in [3.8, 4) is 0 Å². The molecule has 1 rings (SSSR count). The molecule has 0 saturated heterocycles. The van der Waals surface area contributed by atoms with Crippen LogP contribution in [-0.4, -0.2) is 45.4 Å². The van der Waals surface area contributed by atoms with Crippen LogP contribution in [0.3, 0.4) is 0 Å². The Morgan fingerprint density at radius 2 is 2.05 bits per heavy atom. The van der Waals surface area contributed by atoms with E-state index in [1.54, 1.807) is 23.9 Å². The molecule has 1 aromatic carbocycles. The Hall–Kier alpha value is -0.920. The number of anilines is 2. The second kappa shape index (κ2) is 7.02. The van der Waals surface area contributed by atoms with E-state index in [1.165, 1.54) is 24.5 Å². The van der Waals surface area contributed by atoms with Crippen molar-refractivity contribution in [2.24, 2.45) is 0 Å². The summed E-state index contributed by atoms with van der Waals surface area (Å²) in [5.74, 6) is 1.08. The van der Waals surface area contributed by atoms with Crippen molar-refractivity contribution in [2.45, 2.75) is 11.3 Å². The highest BCUT2D eigenvalue weighted by molar-refractivity contribution is 7.98. The highest BCUT2D eigenvalue weighted by Gasteiger charge is 2.17. The molecular weight excluding hydrogens is 282 g/mol. The summed E-state index contributed by atoms with van der Waals surface area (Å²) < 4.78 is 25.1. The number of rotatable bonds is 7. The minimum Gasteiger partial charge on any atom is -0.397 e. The minimum absolute atomic E-state index is 0.213. The number of nitrogens with two attached hydrogens (primary N) is 1. The van der Waals surface area contributed by atoms with E-state index in [0.29, 0.717) is 5.69 Å². The molecular formula is C12H21N3O2S2. The van der Waals surface area contributed by atoms with Gasteiger partial charge < -0.3 is 11.1 Å². The summed E-state index contributed by atoms with van der Waals surface area (Å²) in [5, 5.41) is 3.21. The Balaban J connectivity index is 2.81. The van der Waals surface area contributed by atoms with Gasteiger partial charge in [-0.25, -0.2) is 12.7 Å². The Morgan fingerprint density at radius 3 is 2.58 bits per heavy atom. The van der Waals surface area contributed by atoms with Crippen molar-refractivity contribution in [1.29, 1.82) is 0 Å². The van der Waals surface area contributed by atoms with Gasteiger partial charge in [-0.1, -0.05) is 0 Å². The summed E-state index contributed by atoms with van der Waals surface area (Å²) >= 11 is 1.79. The van der Waals surface area contributed by atoms with Gasteiger partial charge in [-0.3, -0.25) is 0 Å². The first-order valence-corrected chi connectivity index (χ1v) is 8.78. The summed E-state index contributed by atoms with van der Waals surface area (Å²) in [7, 11) is -0.423. The van der Waals surface area contributed by atoms with Crippen LogP contribution in [0.25, 0.3) is 0 Å². The summed E-state index contributed by atoms with van der Waals surface area (Å²) in [6.45, 7) is 0.824. The summed E-state index contributed by atoms with van der Waals surface area (Å²) in [6.07, 6.45) is 3.10. The van der Waals surface area contributed by atoms with Gasteiger partial charge in [0, 0.05) is 20.6 Å². The lowest BCUT2D eigenvalue weighted by atomic mass is 10.2. The zero-order valence-electron chi connectivity index (χ0n) is 11.5. The van der Waals surface area contributed by atoms with E-state index >= 15 is 0 Å². The van der Waals surface area contributed by atoms with E-state index in [1.807, 2.05) is 0 Å². The average Bonchev–Trinajstić information content (AvgIpc) is 2.35. The lowest BCUT2D eigenvalue weighted by Gasteiger charge is -2.14. The van der Waals surface area contributed by atoms with Gasteiger partial charge in [-0.05, 0) is 36.6 Å². The first kappa shape index (κ1) is 16.1. The van der Waals surface area contributed by atoms with Gasteiger partial charge in [0.2, 0.25) is 10.0 Å². The van der Waals surface area contributed by atoms with Gasteiger partial charge in [0.25, 0.3) is 0 Å². The van der Waals surface area contributed by atoms with Crippen molar-refractivity contribution >= 4 is 33.2 Å². The molecule has 0 radical (unpaired) electrons. The SMILES string of the molecule is CSCCCNc1ccc(S(=O)(=O)N(C)C)cc1N. The van der Waals surface area contributed by atoms with Crippen LogP contribution in [0.15, 0.2) is 23.1 Å². The molecule has 0 fully saturated rings. The van der Waals surface area contributed by atoms with Crippen LogP contribution in [0.4, 0.5) is 11.4 Å². The highest BCUT2D eigenvalue weighted by Crippen LogP contribution is 2.23. The Labute approximate surface area is 119 Å². The third-order valence-electron chi connectivity index (χ3n) is 2.64. The molecule has 0 aliphatic carbocycles. The molecule has 0 bridgehead atoms. The van der Waals surface area contributed by atoms with Crippen LogP contribution in [0.1, 0.15) is 6.42 Å². The monoisotopic (exact) mass is 303 g/mol. The first-order chi connectivity index (χ1) is 8.89. The van der Waals surface area contributed by atoms with Crippen LogP contribution in [0.2, 0.25) is 0 Å². The smallest absolute Gasteiger partial charge is 0.242 e. The number of nitrogens with zero attached hydrogens (tertiary/aromatic N) is 1. The largest absolute Gasteiger partial charge is 0.397 e. The topological polar surface area (TPSA) is 75.4 Å². The molecule has 0 aromatic heterocycles. The second-order valence-corrected chi connectivity index (χ2v) is 7.45. The zero-order chi connectivity index (χ0) is 14.5. The van der Waals surface area contributed by atoms with Crippen molar-refractivity contribution in [3.63, 3.8) is 0 Å². The molecule has 0 heterocycles. The van der Waals surface area contributed by atoms with Crippen LogP contribution >= 0.6 is 11.8 Å². The lowest BCUT2D eigenvalue weighted by molar-refractivity contribution is 0.521. The van der Waals surface area contributed by atoms with Crippen molar-refractivity contribution in [3.05, 3.63) is 18.2 Å². The van der Waals surface area contributed by atoms with Gasteiger partial charge in [0.05, 0.1) is 16.3 Å². The molecule has 108 valence electrons. The number of sulfonamides is 1. The second-order valence-electron chi connectivity index (χ2n) is 4.31. The van der Waals surface area contributed by atoms with E-state index in [2.05, 4.69) is 11.6 Å². The number of nitrogens with one attached hydrogen (secondary N) is 1. The molecule has 0 spiro atoms. The standard InChI is InChI=1S/C12H21N3O2S2/c1-15(2)19(16,17)10-5-6-12(11(13)9-10)14-7-4-8-18-3/h5-6,9,14H,4,7-8,13H2,1-3H3. The molecule has 19 heavy (non-hydrogen) atoms. The number of hydrogen-bond donors (Lipinski definition) is 2. The van der Waals surface area contributed by atoms with Crippen molar-refractivity contribution in [2.75, 3.05) is 43.7 Å². The first-order valence-electron chi connectivity index (χ1n) is 5.94. The van der Waals surface area contributed by atoms with E-state index in [9.17, 15) is 8.42 Å². The Kier molecular flexibility index (Phi) is 5.96. The minimum atomic E-state index is -3.42. The molecule has 0 aliphatic rings. The van der Waals surface area contributed by atoms with Gasteiger partial charge >= 0.3 is 0 Å². The number of thioether (sulfide) groups is 1. The maximum atomic E-state index is 11.9. The van der Waals surface area contributed by atoms with Crippen molar-refractivity contribution < 1.29 is 8.42 Å². The third-order valence-corrected chi connectivity index (χ3v) is 5.15. The molecule has 0 amide bonds. The third kappa shape index (κ3) is 4.29. The number of hydrogen-bond acceptors (Lipinski definition) is 5. The van der Waals surface area contributed by atoms with Gasteiger partial charge in [0.1, 0.15) is 0 Å². The fraction of sp³-hybridized carbons (Fsp3) is 0.500. The quantitative estimate of drug-likeness (QED) is 0.592. The van der Waals surface area contributed by atoms with E-state index in [-0.39, 0.29) is 4.90 Å². The fourth-order valence-electron chi connectivity index (χ4n) is 1.51. The van der Waals surface area contributed by atoms with Gasteiger partial charge in [0.15, 0.2) is 0 Å². The summed E-state index contributed by atoms with van der Waals surface area (Å²) in [6, 6.07) is 4.78. The van der Waals surface area contributed by atoms with Gasteiger partial charge in [-0.2, -0.15) is 11.8 Å². The molecule has 5 nitrogen and oxygen atoms in total. The van der Waals surface area contributed by atoms with Crippen LogP contribution in [-0.2, 0) is 10.0 Å². The number of benzene rings is 1. The van der Waals surface area contributed by atoms with Crippen molar-refractivity contribution in [1.82, 2.24) is 4.31 Å². The fourth-order valence-corrected chi connectivity index (χ4v) is 2.88. The van der Waals surface area contributed by atoms with Crippen LogP contribution in [0, 0.1) is 0 Å². The number of nitrogen functional groups attached to an aromatic ring is 1. The van der Waals surface area contributed by atoms with Gasteiger partial charge in [-0.15, -0.1) is 0 Å². The molecule has 7 heteroatoms. The Bertz CT molecular complexity index is 516. The van der Waals surface area contributed by atoms with E-state index in [4.69, 9.17) is 5.73 Å². The maximum Gasteiger partial charge on any atom is 0.242 e. The molecule has 0 atom stereocenters. The average molecular weight is 303 g/mol. The molecule has 3 N–H and O–H groups in total. The summed E-state index contributed by atoms with van der Waals surface area (Å²) in [4.78, 5) is 0.213. The molecule has 0 unspecified atom stereocenters. The maximum absolute atomic E-state index is 11.9. The summed E-state index contributed by atoms with van der Waals surface area (Å²) in [5.41, 5.74) is 7.11. The van der Waals surface area contributed by atoms with E-state index in [0.717, 1.165) is 24.4 Å². The normalized spacial score (nSPS) is 11.8. The molecule has 0 aliphatic heterocycles.